The third-order valence-corrected chi connectivity index (χ3v) is 4.29. The van der Waals surface area contributed by atoms with Gasteiger partial charge in [0.1, 0.15) is 0 Å². The third-order valence-electron chi connectivity index (χ3n) is 3.41. The quantitative estimate of drug-likeness (QED) is 0.582. The molecule has 98 valence electrons. The molecule has 0 bridgehead atoms. The number of nitrogens with two attached hydrogens (primary N) is 1. The van der Waals surface area contributed by atoms with Crippen LogP contribution >= 0.6 is 11.3 Å². The normalized spacial score (nSPS) is 13.9. The summed E-state index contributed by atoms with van der Waals surface area (Å²) >= 11 is 1.75. The topological polar surface area (TPSA) is 47.3 Å². The molecule has 0 saturated heterocycles. The molecule has 0 aliphatic rings. The van der Waals surface area contributed by atoms with Gasteiger partial charge >= 0.3 is 0 Å². The van der Waals surface area contributed by atoms with Gasteiger partial charge in [0, 0.05) is 11.5 Å². The lowest BCUT2D eigenvalue weighted by atomic mass is 9.85. The van der Waals surface area contributed by atoms with Crippen LogP contribution in [0.25, 0.3) is 0 Å². The summed E-state index contributed by atoms with van der Waals surface area (Å²) in [4.78, 5) is 1.30. The smallest absolute Gasteiger partial charge is 0.0884 e. The lowest BCUT2D eigenvalue weighted by molar-refractivity contribution is -0.0733. The highest BCUT2D eigenvalue weighted by Gasteiger charge is 2.37. The Balaban J connectivity index is 3.04. The molecule has 1 unspecified atom stereocenters. The maximum absolute atomic E-state index is 6.01. The van der Waals surface area contributed by atoms with Crippen molar-refractivity contribution in [1.29, 1.82) is 0 Å². The summed E-state index contributed by atoms with van der Waals surface area (Å²) in [7, 11) is 0. The summed E-state index contributed by atoms with van der Waals surface area (Å²) in [6.07, 6.45) is 1.89. The average molecular weight is 256 g/mol. The maximum Gasteiger partial charge on any atom is 0.0884 e. The highest BCUT2D eigenvalue weighted by molar-refractivity contribution is 7.10. The van der Waals surface area contributed by atoms with Crippen LogP contribution in [0.1, 0.15) is 50.1 Å². The van der Waals surface area contributed by atoms with Gasteiger partial charge in [-0.1, -0.05) is 13.8 Å². The van der Waals surface area contributed by atoms with E-state index in [4.69, 9.17) is 10.6 Å². The molecule has 0 aliphatic heterocycles. The Morgan fingerprint density at radius 3 is 2.41 bits per heavy atom. The second kappa shape index (κ2) is 6.50. The van der Waals surface area contributed by atoms with Crippen molar-refractivity contribution in [3.05, 3.63) is 21.9 Å². The number of ether oxygens (including phenoxy) is 1. The first kappa shape index (κ1) is 14.6. The minimum atomic E-state index is -0.211. The zero-order valence-electron chi connectivity index (χ0n) is 11.2. The van der Waals surface area contributed by atoms with Crippen LogP contribution in [0.2, 0.25) is 0 Å². The molecule has 0 fully saturated rings. The number of hydrazine groups is 1. The second-order valence-corrected chi connectivity index (χ2v) is 5.41. The number of thiophene rings is 1. The Hall–Kier alpha value is -0.420. The number of hydrogen-bond donors (Lipinski definition) is 2. The van der Waals surface area contributed by atoms with Crippen LogP contribution in [0.4, 0.5) is 0 Å². The van der Waals surface area contributed by atoms with Crippen molar-refractivity contribution in [3.63, 3.8) is 0 Å². The van der Waals surface area contributed by atoms with Crippen LogP contribution in [-0.4, -0.2) is 12.2 Å². The molecule has 1 rings (SSSR count). The van der Waals surface area contributed by atoms with Crippen molar-refractivity contribution in [2.75, 3.05) is 6.61 Å². The van der Waals surface area contributed by atoms with E-state index in [2.05, 4.69) is 37.6 Å². The summed E-state index contributed by atoms with van der Waals surface area (Å²) in [5.74, 6) is 5.76. The van der Waals surface area contributed by atoms with Gasteiger partial charge in [0.2, 0.25) is 0 Å². The Labute approximate surface area is 108 Å². The van der Waals surface area contributed by atoms with Gasteiger partial charge in [0.15, 0.2) is 0 Å². The van der Waals surface area contributed by atoms with Crippen molar-refractivity contribution in [1.82, 2.24) is 5.43 Å². The van der Waals surface area contributed by atoms with Gasteiger partial charge in [0.25, 0.3) is 0 Å². The number of hydrogen-bond acceptors (Lipinski definition) is 4. The average Bonchev–Trinajstić information content (AvgIpc) is 2.75. The van der Waals surface area contributed by atoms with Crippen LogP contribution in [0, 0.1) is 6.92 Å². The highest BCUT2D eigenvalue weighted by atomic mass is 32.1. The van der Waals surface area contributed by atoms with Crippen LogP contribution in [0.15, 0.2) is 11.4 Å². The van der Waals surface area contributed by atoms with Crippen LogP contribution in [0.5, 0.6) is 0 Å². The molecule has 1 aromatic heterocycles. The van der Waals surface area contributed by atoms with Gasteiger partial charge in [-0.3, -0.25) is 11.3 Å². The first-order valence-corrected chi connectivity index (χ1v) is 7.16. The molecule has 1 atom stereocenters. The van der Waals surface area contributed by atoms with Crippen LogP contribution in [-0.2, 0) is 4.74 Å². The Morgan fingerprint density at radius 2 is 2.06 bits per heavy atom. The summed E-state index contributed by atoms with van der Waals surface area (Å²) in [6, 6.07) is 2.25. The molecule has 4 heteroatoms. The van der Waals surface area contributed by atoms with E-state index in [-0.39, 0.29) is 11.6 Å². The van der Waals surface area contributed by atoms with Crippen LogP contribution in [0.3, 0.4) is 0 Å². The minimum Gasteiger partial charge on any atom is -0.373 e. The van der Waals surface area contributed by atoms with Crippen molar-refractivity contribution < 1.29 is 4.74 Å². The number of rotatable bonds is 7. The largest absolute Gasteiger partial charge is 0.373 e. The highest BCUT2D eigenvalue weighted by Crippen LogP contribution is 2.36. The Bertz CT molecular complexity index is 334. The molecule has 0 aliphatic carbocycles. The number of nitrogens with one attached hydrogen (secondary N) is 1. The first-order valence-electron chi connectivity index (χ1n) is 6.28. The van der Waals surface area contributed by atoms with Crippen molar-refractivity contribution in [2.45, 2.75) is 52.2 Å². The first-order chi connectivity index (χ1) is 8.13. The molecule has 0 aromatic carbocycles. The molecule has 3 nitrogen and oxygen atoms in total. The van der Waals surface area contributed by atoms with Crippen molar-refractivity contribution in [3.8, 4) is 0 Å². The molecule has 1 heterocycles. The van der Waals surface area contributed by atoms with Gasteiger partial charge in [0.05, 0.1) is 11.6 Å². The molecule has 0 spiro atoms. The summed E-state index contributed by atoms with van der Waals surface area (Å²) < 4.78 is 6.01. The summed E-state index contributed by atoms with van der Waals surface area (Å²) in [5.41, 5.74) is 3.96. The molecule has 3 N–H and O–H groups in total. The van der Waals surface area contributed by atoms with Crippen molar-refractivity contribution in [2.24, 2.45) is 5.84 Å². The monoisotopic (exact) mass is 256 g/mol. The molecular weight excluding hydrogens is 232 g/mol. The van der Waals surface area contributed by atoms with E-state index in [0.717, 1.165) is 12.8 Å². The van der Waals surface area contributed by atoms with Crippen LogP contribution < -0.4 is 11.3 Å². The molecule has 0 saturated carbocycles. The fourth-order valence-corrected chi connectivity index (χ4v) is 3.13. The lowest BCUT2D eigenvalue weighted by Gasteiger charge is -2.38. The van der Waals surface area contributed by atoms with Gasteiger partial charge < -0.3 is 4.74 Å². The second-order valence-electron chi connectivity index (χ2n) is 4.30. The minimum absolute atomic E-state index is 0.0578. The van der Waals surface area contributed by atoms with Gasteiger partial charge in [-0.05, 0) is 43.7 Å². The fourth-order valence-electron chi connectivity index (χ4n) is 2.40. The standard InChI is InChI=1S/C13H24N2OS/c1-5-13(6-2,16-7-3)12(15-14)11-8-10(4)17-9-11/h8-9,12,15H,5-7,14H2,1-4H3. The predicted octanol–water partition coefficient (Wildman–Crippen LogP) is 3.16. The van der Waals surface area contributed by atoms with Gasteiger partial charge in [-0.25, -0.2) is 0 Å². The molecule has 17 heavy (non-hydrogen) atoms. The summed E-state index contributed by atoms with van der Waals surface area (Å²) in [6.45, 7) is 9.17. The Morgan fingerprint density at radius 1 is 1.41 bits per heavy atom. The van der Waals surface area contributed by atoms with E-state index in [1.165, 1.54) is 10.4 Å². The SMILES string of the molecule is CCOC(CC)(CC)C(NN)c1csc(C)c1. The fraction of sp³-hybridized carbons (Fsp3) is 0.692. The number of aryl methyl sites for hydroxylation is 1. The van der Waals surface area contributed by atoms with Gasteiger partial charge in [-0.15, -0.1) is 11.3 Å². The van der Waals surface area contributed by atoms with Crippen molar-refractivity contribution >= 4 is 11.3 Å². The predicted molar refractivity (Wildman–Crippen MR) is 74.1 cm³/mol. The molecule has 1 aromatic rings. The zero-order valence-corrected chi connectivity index (χ0v) is 12.1. The molecule has 0 radical (unpaired) electrons. The van der Waals surface area contributed by atoms with E-state index in [1.54, 1.807) is 11.3 Å². The molecular formula is C13H24N2OS. The summed E-state index contributed by atoms with van der Waals surface area (Å²) in [5, 5.41) is 2.17. The Kier molecular flexibility index (Phi) is 5.59. The molecule has 0 amide bonds. The lowest BCUT2D eigenvalue weighted by Crippen LogP contribution is -2.47. The van der Waals surface area contributed by atoms with E-state index in [0.29, 0.717) is 6.61 Å². The van der Waals surface area contributed by atoms with Gasteiger partial charge in [-0.2, -0.15) is 0 Å². The van der Waals surface area contributed by atoms with E-state index >= 15 is 0 Å². The zero-order chi connectivity index (χ0) is 12.9. The van der Waals surface area contributed by atoms with E-state index < -0.39 is 0 Å². The third kappa shape index (κ3) is 3.07. The van der Waals surface area contributed by atoms with E-state index in [1.807, 2.05) is 6.92 Å². The maximum atomic E-state index is 6.01. The van der Waals surface area contributed by atoms with E-state index in [9.17, 15) is 0 Å².